The number of ether oxygens (including phenoxy) is 3. The van der Waals surface area contributed by atoms with Crippen molar-refractivity contribution in [3.63, 3.8) is 0 Å². The lowest BCUT2D eigenvalue weighted by molar-refractivity contribution is -0.119. The van der Waals surface area contributed by atoms with E-state index in [0.29, 0.717) is 17.1 Å². The van der Waals surface area contributed by atoms with E-state index in [-0.39, 0.29) is 29.2 Å². The van der Waals surface area contributed by atoms with Gasteiger partial charge in [0.15, 0.2) is 23.9 Å². The highest BCUT2D eigenvalue weighted by atomic mass is 16.7. The molecule has 0 radical (unpaired) electrons. The third kappa shape index (κ3) is 4.74. The summed E-state index contributed by atoms with van der Waals surface area (Å²) in [5.41, 5.74) is 1.98. The van der Waals surface area contributed by atoms with Crippen LogP contribution in [0.5, 0.6) is 11.5 Å². The third-order valence-corrected chi connectivity index (χ3v) is 4.49. The van der Waals surface area contributed by atoms with E-state index in [1.165, 1.54) is 19.1 Å². The second-order valence-corrected chi connectivity index (χ2v) is 7.76. The summed E-state index contributed by atoms with van der Waals surface area (Å²) < 4.78 is 15.6. The quantitative estimate of drug-likeness (QED) is 0.611. The molecule has 1 aliphatic heterocycles. The highest BCUT2D eigenvalue weighted by Crippen LogP contribution is 2.37. The third-order valence-electron chi connectivity index (χ3n) is 4.49. The Morgan fingerprint density at radius 1 is 1.03 bits per heavy atom. The molecule has 0 saturated heterocycles. The summed E-state index contributed by atoms with van der Waals surface area (Å²) in [6, 6.07) is 10.1. The first-order valence-corrected chi connectivity index (χ1v) is 9.17. The first-order valence-electron chi connectivity index (χ1n) is 9.17. The molecule has 29 heavy (non-hydrogen) atoms. The number of Topliss-reactive ketones (excluding diaryl/α,β-unsaturated/α-hetero) is 1. The van der Waals surface area contributed by atoms with Crippen molar-refractivity contribution in [2.24, 2.45) is 0 Å². The average molecular weight is 397 g/mol. The van der Waals surface area contributed by atoms with Crippen molar-refractivity contribution in [2.45, 2.75) is 33.1 Å². The molecule has 152 valence electrons. The predicted octanol–water partition coefficient (Wildman–Crippen LogP) is 3.71. The molecule has 2 aromatic carbocycles. The van der Waals surface area contributed by atoms with Gasteiger partial charge in [-0.3, -0.25) is 9.59 Å². The topological polar surface area (TPSA) is 90.9 Å². The van der Waals surface area contributed by atoms with Gasteiger partial charge in [0.1, 0.15) is 0 Å². The first-order chi connectivity index (χ1) is 13.6. The van der Waals surface area contributed by atoms with E-state index < -0.39 is 18.5 Å². The Morgan fingerprint density at radius 2 is 1.66 bits per heavy atom. The van der Waals surface area contributed by atoms with Gasteiger partial charge in [0, 0.05) is 11.6 Å². The van der Waals surface area contributed by atoms with Gasteiger partial charge in [-0.1, -0.05) is 32.9 Å². The van der Waals surface area contributed by atoms with Gasteiger partial charge in [0.2, 0.25) is 6.79 Å². The zero-order valence-electron chi connectivity index (χ0n) is 16.8. The van der Waals surface area contributed by atoms with E-state index in [9.17, 15) is 14.4 Å². The molecule has 0 atom stereocenters. The van der Waals surface area contributed by atoms with E-state index in [1.54, 1.807) is 12.1 Å². The molecule has 0 fully saturated rings. The van der Waals surface area contributed by atoms with E-state index in [2.05, 4.69) is 26.1 Å². The highest BCUT2D eigenvalue weighted by molar-refractivity contribution is 6.05. The van der Waals surface area contributed by atoms with Crippen LogP contribution in [-0.4, -0.2) is 31.1 Å². The summed E-state index contributed by atoms with van der Waals surface area (Å²) in [6.07, 6.45) is 0. The molecule has 1 N–H and O–H groups in total. The number of hydrogen-bond acceptors (Lipinski definition) is 6. The number of esters is 1. The molecule has 7 heteroatoms. The maximum atomic E-state index is 12.2. The minimum absolute atomic E-state index is 0.0264. The number of carbonyl (C=O) groups is 3. The van der Waals surface area contributed by atoms with Crippen molar-refractivity contribution in [1.29, 1.82) is 0 Å². The number of rotatable bonds is 5. The van der Waals surface area contributed by atoms with Gasteiger partial charge in [-0.05, 0) is 36.1 Å². The van der Waals surface area contributed by atoms with Crippen molar-refractivity contribution in [3.8, 4) is 11.5 Å². The molecular formula is C22H23NO6. The fourth-order valence-electron chi connectivity index (χ4n) is 2.84. The maximum absolute atomic E-state index is 12.2. The Balaban J connectivity index is 1.63. The van der Waals surface area contributed by atoms with Crippen LogP contribution in [0.15, 0.2) is 36.4 Å². The van der Waals surface area contributed by atoms with Crippen LogP contribution in [0.4, 0.5) is 5.69 Å². The number of nitrogens with one attached hydrogen (secondary N) is 1. The lowest BCUT2D eigenvalue weighted by atomic mass is 9.87. The van der Waals surface area contributed by atoms with Crippen LogP contribution in [-0.2, 0) is 14.9 Å². The largest absolute Gasteiger partial charge is 0.454 e. The summed E-state index contributed by atoms with van der Waals surface area (Å²) >= 11 is 0. The summed E-state index contributed by atoms with van der Waals surface area (Å²) in [5.74, 6) is -0.529. The van der Waals surface area contributed by atoms with Crippen LogP contribution < -0.4 is 14.8 Å². The molecule has 1 amide bonds. The highest BCUT2D eigenvalue weighted by Gasteiger charge is 2.21. The summed E-state index contributed by atoms with van der Waals surface area (Å²) in [7, 11) is 0. The van der Waals surface area contributed by atoms with Gasteiger partial charge < -0.3 is 19.5 Å². The predicted molar refractivity (Wildman–Crippen MR) is 107 cm³/mol. The molecule has 1 aliphatic rings. The summed E-state index contributed by atoms with van der Waals surface area (Å²) in [5, 5.41) is 2.58. The number of ketones is 1. The Labute approximate surface area is 169 Å². The Bertz CT molecular complexity index is 957. The normalized spacial score (nSPS) is 12.4. The molecule has 0 bridgehead atoms. The number of amides is 1. The first kappa shape index (κ1) is 20.4. The van der Waals surface area contributed by atoms with Crippen molar-refractivity contribution in [2.75, 3.05) is 18.7 Å². The van der Waals surface area contributed by atoms with Crippen LogP contribution in [0.25, 0.3) is 0 Å². The Kier molecular flexibility index (Phi) is 5.59. The minimum atomic E-state index is -0.599. The molecular weight excluding hydrogens is 374 g/mol. The number of hydrogen-bond donors (Lipinski definition) is 1. The van der Waals surface area contributed by atoms with E-state index in [0.717, 1.165) is 5.56 Å². The van der Waals surface area contributed by atoms with Crippen LogP contribution in [0.3, 0.4) is 0 Å². The number of carbonyl (C=O) groups excluding carboxylic acids is 3. The lowest BCUT2D eigenvalue weighted by Crippen LogP contribution is -2.22. The Hall–Kier alpha value is -3.35. The van der Waals surface area contributed by atoms with Crippen molar-refractivity contribution in [3.05, 3.63) is 53.1 Å². The van der Waals surface area contributed by atoms with Gasteiger partial charge in [-0.2, -0.15) is 0 Å². The zero-order valence-corrected chi connectivity index (χ0v) is 16.8. The molecule has 7 nitrogen and oxygen atoms in total. The van der Waals surface area contributed by atoms with Gasteiger partial charge in [0.05, 0.1) is 11.3 Å². The molecule has 0 spiro atoms. The van der Waals surface area contributed by atoms with Crippen molar-refractivity contribution < 1.29 is 28.6 Å². The fraction of sp³-hybridized carbons (Fsp3) is 0.318. The minimum Gasteiger partial charge on any atom is -0.454 e. The fourth-order valence-corrected chi connectivity index (χ4v) is 2.84. The zero-order chi connectivity index (χ0) is 21.2. The second-order valence-electron chi connectivity index (χ2n) is 7.76. The van der Waals surface area contributed by atoms with E-state index in [1.807, 2.05) is 12.1 Å². The number of benzene rings is 2. The molecule has 1 heterocycles. The lowest BCUT2D eigenvalue weighted by Gasteiger charge is -2.18. The van der Waals surface area contributed by atoms with Gasteiger partial charge in [0.25, 0.3) is 5.91 Å². The smallest absolute Gasteiger partial charge is 0.338 e. The number of fused-ring (bicyclic) bond motifs is 1. The van der Waals surface area contributed by atoms with Gasteiger partial charge in [-0.15, -0.1) is 0 Å². The summed E-state index contributed by atoms with van der Waals surface area (Å²) in [6.45, 7) is 7.19. The molecule has 2 aromatic rings. The van der Waals surface area contributed by atoms with Gasteiger partial charge in [-0.25, -0.2) is 4.79 Å². The second kappa shape index (κ2) is 7.95. The molecule has 0 saturated carbocycles. The molecule has 0 aliphatic carbocycles. The van der Waals surface area contributed by atoms with Crippen LogP contribution in [0.1, 0.15) is 54.0 Å². The van der Waals surface area contributed by atoms with Crippen LogP contribution >= 0.6 is 0 Å². The van der Waals surface area contributed by atoms with Gasteiger partial charge >= 0.3 is 5.97 Å². The van der Waals surface area contributed by atoms with Crippen LogP contribution in [0.2, 0.25) is 0 Å². The maximum Gasteiger partial charge on any atom is 0.338 e. The van der Waals surface area contributed by atoms with E-state index in [4.69, 9.17) is 14.2 Å². The Morgan fingerprint density at radius 3 is 2.24 bits per heavy atom. The monoisotopic (exact) mass is 397 g/mol. The molecule has 3 rings (SSSR count). The van der Waals surface area contributed by atoms with Crippen molar-refractivity contribution >= 4 is 23.3 Å². The molecule has 0 unspecified atom stereocenters. The SMILES string of the molecule is CC(=O)c1cc2c(cc1NC(=O)COC(=O)c1ccc(C(C)(C)C)cc1)OCO2. The summed E-state index contributed by atoms with van der Waals surface area (Å²) in [4.78, 5) is 36.3. The number of anilines is 1. The molecule has 0 aromatic heterocycles. The standard InChI is InChI=1S/C22H23NO6/c1-13(24)16-9-18-19(29-12-28-18)10-17(16)23-20(25)11-27-21(26)14-5-7-15(8-6-14)22(2,3)4/h5-10H,11-12H2,1-4H3,(H,23,25). The van der Waals surface area contributed by atoms with Crippen molar-refractivity contribution in [1.82, 2.24) is 0 Å². The average Bonchev–Trinajstić information content (AvgIpc) is 3.12. The van der Waals surface area contributed by atoms with E-state index >= 15 is 0 Å². The van der Waals surface area contributed by atoms with Crippen LogP contribution in [0, 0.1) is 0 Å².